The van der Waals surface area contributed by atoms with Crippen LogP contribution in [-0.4, -0.2) is 51.0 Å². The van der Waals surface area contributed by atoms with Crippen molar-refractivity contribution in [3.63, 3.8) is 0 Å². The van der Waals surface area contributed by atoms with E-state index < -0.39 is 6.23 Å². The Labute approximate surface area is 166 Å². The van der Waals surface area contributed by atoms with Gasteiger partial charge in [0.15, 0.2) is 0 Å². The van der Waals surface area contributed by atoms with E-state index in [1.165, 1.54) is 11.8 Å². The third kappa shape index (κ3) is 5.44. The van der Waals surface area contributed by atoms with Gasteiger partial charge in [0.05, 0.1) is 13.2 Å². The zero-order valence-corrected chi connectivity index (χ0v) is 16.7. The third-order valence-corrected chi connectivity index (χ3v) is 5.15. The van der Waals surface area contributed by atoms with Crippen molar-refractivity contribution in [3.8, 4) is 5.75 Å². The molecular formula is C22H30FN3O2. The second kappa shape index (κ2) is 9.87. The molecule has 1 heterocycles. The Morgan fingerprint density at radius 1 is 1.04 bits per heavy atom. The highest BCUT2D eigenvalue weighted by Crippen LogP contribution is 2.26. The van der Waals surface area contributed by atoms with E-state index in [0.717, 1.165) is 38.5 Å². The molecule has 0 spiro atoms. The van der Waals surface area contributed by atoms with Crippen molar-refractivity contribution in [3.05, 3.63) is 59.9 Å². The Morgan fingerprint density at radius 2 is 1.71 bits per heavy atom. The van der Waals surface area contributed by atoms with Gasteiger partial charge in [0, 0.05) is 44.0 Å². The maximum absolute atomic E-state index is 14.2. The molecule has 3 rings (SSSR count). The fourth-order valence-electron chi connectivity index (χ4n) is 3.61. The molecular weight excluding hydrogens is 357 g/mol. The summed E-state index contributed by atoms with van der Waals surface area (Å²) >= 11 is 0. The largest absolute Gasteiger partial charge is 0.497 e. The topological polar surface area (TPSA) is 51.0 Å². The molecule has 2 aromatic carbocycles. The highest BCUT2D eigenvalue weighted by Gasteiger charge is 2.22. The standard InChI is InChI=1S/C22H30FN3O2/c1-17(24)28-22(20-5-3-4-6-21(20)23)11-12-25-13-15-26(16-14-25)18-7-9-19(27-2)10-8-18/h3-10,17,22H,11-16,24H2,1-2H3. The maximum atomic E-state index is 14.2. The molecule has 1 aliphatic rings. The molecule has 1 fully saturated rings. The van der Waals surface area contributed by atoms with Gasteiger partial charge in [-0.15, -0.1) is 0 Å². The first-order valence-electron chi connectivity index (χ1n) is 9.83. The molecule has 0 amide bonds. The average Bonchev–Trinajstić information content (AvgIpc) is 2.72. The first kappa shape index (κ1) is 20.6. The summed E-state index contributed by atoms with van der Waals surface area (Å²) in [5.74, 6) is 0.633. The normalized spacial score (nSPS) is 17.4. The predicted molar refractivity (Wildman–Crippen MR) is 110 cm³/mol. The van der Waals surface area contributed by atoms with Crippen LogP contribution in [0.1, 0.15) is 25.0 Å². The van der Waals surface area contributed by atoms with Crippen molar-refractivity contribution in [2.75, 3.05) is 44.7 Å². The summed E-state index contributed by atoms with van der Waals surface area (Å²) in [4.78, 5) is 4.78. The van der Waals surface area contributed by atoms with Crippen LogP contribution in [0.2, 0.25) is 0 Å². The van der Waals surface area contributed by atoms with Crippen LogP contribution in [0.3, 0.4) is 0 Å². The fraction of sp³-hybridized carbons (Fsp3) is 0.455. The van der Waals surface area contributed by atoms with E-state index in [1.54, 1.807) is 26.2 Å². The SMILES string of the molecule is COc1ccc(N2CCN(CCC(OC(C)N)c3ccccc3F)CC2)cc1. The Kier molecular flexibility index (Phi) is 7.25. The molecule has 1 aliphatic heterocycles. The van der Waals surface area contributed by atoms with E-state index in [-0.39, 0.29) is 11.9 Å². The third-order valence-electron chi connectivity index (χ3n) is 5.15. The zero-order valence-electron chi connectivity index (χ0n) is 16.7. The van der Waals surface area contributed by atoms with E-state index in [0.29, 0.717) is 12.0 Å². The van der Waals surface area contributed by atoms with E-state index >= 15 is 0 Å². The van der Waals surface area contributed by atoms with Crippen LogP contribution >= 0.6 is 0 Å². The summed E-state index contributed by atoms with van der Waals surface area (Å²) in [6, 6.07) is 15.0. The number of piperazine rings is 1. The summed E-state index contributed by atoms with van der Waals surface area (Å²) in [6.45, 7) is 6.49. The van der Waals surface area contributed by atoms with E-state index in [9.17, 15) is 4.39 Å². The first-order valence-corrected chi connectivity index (χ1v) is 9.83. The molecule has 152 valence electrons. The number of nitrogens with two attached hydrogens (primary N) is 1. The molecule has 1 saturated heterocycles. The molecule has 5 nitrogen and oxygen atoms in total. The minimum atomic E-state index is -0.434. The van der Waals surface area contributed by atoms with Crippen LogP contribution in [0, 0.1) is 5.82 Å². The highest BCUT2D eigenvalue weighted by molar-refractivity contribution is 5.49. The van der Waals surface area contributed by atoms with Gasteiger partial charge < -0.3 is 20.1 Å². The maximum Gasteiger partial charge on any atom is 0.129 e. The number of ether oxygens (including phenoxy) is 2. The van der Waals surface area contributed by atoms with Crippen LogP contribution in [0.15, 0.2) is 48.5 Å². The number of benzene rings is 2. The molecule has 0 aromatic heterocycles. The van der Waals surface area contributed by atoms with Crippen molar-refractivity contribution >= 4 is 5.69 Å². The Bertz CT molecular complexity index is 731. The van der Waals surface area contributed by atoms with E-state index in [2.05, 4.69) is 21.9 Å². The Balaban J connectivity index is 1.53. The van der Waals surface area contributed by atoms with Gasteiger partial charge in [-0.2, -0.15) is 0 Å². The lowest BCUT2D eigenvalue weighted by Crippen LogP contribution is -2.47. The summed E-state index contributed by atoms with van der Waals surface area (Å²) in [5, 5.41) is 0. The van der Waals surface area contributed by atoms with Crippen LogP contribution in [0.25, 0.3) is 0 Å². The van der Waals surface area contributed by atoms with Crippen molar-refractivity contribution in [2.24, 2.45) is 5.73 Å². The number of nitrogens with zero attached hydrogens (tertiary/aromatic N) is 2. The molecule has 0 saturated carbocycles. The van der Waals surface area contributed by atoms with Crippen LogP contribution in [-0.2, 0) is 4.74 Å². The summed E-state index contributed by atoms with van der Waals surface area (Å²) in [6.07, 6.45) is -0.0530. The van der Waals surface area contributed by atoms with Crippen LogP contribution in [0.4, 0.5) is 10.1 Å². The lowest BCUT2D eigenvalue weighted by molar-refractivity contribution is -0.0115. The minimum Gasteiger partial charge on any atom is -0.497 e. The molecule has 28 heavy (non-hydrogen) atoms. The second-order valence-corrected chi connectivity index (χ2v) is 7.17. The van der Waals surface area contributed by atoms with Gasteiger partial charge in [0.1, 0.15) is 17.8 Å². The average molecular weight is 387 g/mol. The summed E-state index contributed by atoms with van der Waals surface area (Å²) in [5.41, 5.74) is 7.61. The molecule has 0 bridgehead atoms. The van der Waals surface area contributed by atoms with Gasteiger partial charge in [-0.25, -0.2) is 4.39 Å². The van der Waals surface area contributed by atoms with Crippen molar-refractivity contribution in [1.29, 1.82) is 0 Å². The monoisotopic (exact) mass is 387 g/mol. The number of hydrogen-bond donors (Lipinski definition) is 1. The fourth-order valence-corrected chi connectivity index (χ4v) is 3.61. The van der Waals surface area contributed by atoms with E-state index in [1.807, 2.05) is 18.2 Å². The van der Waals surface area contributed by atoms with Gasteiger partial charge >= 0.3 is 0 Å². The molecule has 0 radical (unpaired) electrons. The zero-order chi connectivity index (χ0) is 19.9. The smallest absolute Gasteiger partial charge is 0.129 e. The lowest BCUT2D eigenvalue weighted by atomic mass is 10.0. The van der Waals surface area contributed by atoms with Crippen molar-refractivity contribution in [1.82, 2.24) is 4.90 Å². The van der Waals surface area contributed by atoms with E-state index in [4.69, 9.17) is 15.2 Å². The number of methoxy groups -OCH3 is 1. The molecule has 6 heteroatoms. The van der Waals surface area contributed by atoms with Gasteiger partial charge in [-0.05, 0) is 43.7 Å². The number of rotatable bonds is 8. The summed E-state index contributed by atoms with van der Waals surface area (Å²) in [7, 11) is 1.68. The van der Waals surface area contributed by atoms with Crippen LogP contribution < -0.4 is 15.4 Å². The molecule has 2 unspecified atom stereocenters. The highest BCUT2D eigenvalue weighted by atomic mass is 19.1. The van der Waals surface area contributed by atoms with Crippen LogP contribution in [0.5, 0.6) is 5.75 Å². The molecule has 0 aliphatic carbocycles. The molecule has 2 aromatic rings. The van der Waals surface area contributed by atoms with Gasteiger partial charge in [-0.1, -0.05) is 18.2 Å². The first-order chi connectivity index (χ1) is 13.6. The molecule has 2 N–H and O–H groups in total. The second-order valence-electron chi connectivity index (χ2n) is 7.17. The van der Waals surface area contributed by atoms with Gasteiger partial charge in [-0.3, -0.25) is 4.90 Å². The van der Waals surface area contributed by atoms with Crippen molar-refractivity contribution in [2.45, 2.75) is 25.7 Å². The molecule has 2 atom stereocenters. The quantitative estimate of drug-likeness (QED) is 0.704. The van der Waals surface area contributed by atoms with Gasteiger partial charge in [0.25, 0.3) is 0 Å². The van der Waals surface area contributed by atoms with Gasteiger partial charge in [0.2, 0.25) is 0 Å². The number of halogens is 1. The Morgan fingerprint density at radius 3 is 2.32 bits per heavy atom. The number of anilines is 1. The lowest BCUT2D eigenvalue weighted by Gasteiger charge is -2.36. The minimum absolute atomic E-state index is 0.238. The Hall–Kier alpha value is -2.15. The van der Waals surface area contributed by atoms with Crippen molar-refractivity contribution < 1.29 is 13.9 Å². The predicted octanol–water partition coefficient (Wildman–Crippen LogP) is 3.41. The number of hydrogen-bond acceptors (Lipinski definition) is 5. The summed E-state index contributed by atoms with van der Waals surface area (Å²) < 4.78 is 25.2.